The van der Waals surface area contributed by atoms with E-state index in [1.165, 1.54) is 0 Å². The van der Waals surface area contributed by atoms with E-state index in [9.17, 15) is 9.90 Å². The summed E-state index contributed by atoms with van der Waals surface area (Å²) in [5.74, 6) is 0.780. The predicted molar refractivity (Wildman–Crippen MR) is 107 cm³/mol. The van der Waals surface area contributed by atoms with Crippen LogP contribution in [-0.2, 0) is 13.2 Å². The monoisotopic (exact) mass is 362 g/mol. The van der Waals surface area contributed by atoms with Crippen LogP contribution < -0.4 is 10.3 Å². The molecule has 0 fully saturated rings. The van der Waals surface area contributed by atoms with Gasteiger partial charge in [0.25, 0.3) is 5.56 Å². The van der Waals surface area contributed by atoms with Gasteiger partial charge in [0.1, 0.15) is 5.75 Å². The maximum Gasteiger partial charge on any atom is 0.257 e. The molecule has 0 radical (unpaired) electrons. The molecule has 1 aromatic carbocycles. The minimum Gasteiger partial charge on any atom is -0.497 e. The molecule has 0 atom stereocenters. The number of aliphatic hydroxyl groups excluding tert-OH is 1. The minimum absolute atomic E-state index is 0.141. The summed E-state index contributed by atoms with van der Waals surface area (Å²) in [5, 5.41) is 10.8. The van der Waals surface area contributed by atoms with Crippen molar-refractivity contribution >= 4 is 16.5 Å². The van der Waals surface area contributed by atoms with Crippen molar-refractivity contribution in [3.63, 3.8) is 0 Å². The van der Waals surface area contributed by atoms with Crippen LogP contribution in [0.1, 0.15) is 37.0 Å². The van der Waals surface area contributed by atoms with Crippen molar-refractivity contribution in [1.29, 1.82) is 0 Å². The Bertz CT molecular complexity index is 1140. The minimum atomic E-state index is -0.269. The second-order valence-corrected chi connectivity index (χ2v) is 6.69. The quantitative estimate of drug-likeness (QED) is 0.601. The van der Waals surface area contributed by atoms with Crippen molar-refractivity contribution < 1.29 is 9.84 Å². The fourth-order valence-corrected chi connectivity index (χ4v) is 3.87. The third-order valence-corrected chi connectivity index (χ3v) is 5.31. The van der Waals surface area contributed by atoms with Gasteiger partial charge in [-0.25, -0.2) is 4.98 Å². The highest BCUT2D eigenvalue weighted by molar-refractivity contribution is 5.85. The first-order valence-electron chi connectivity index (χ1n) is 9.12. The summed E-state index contributed by atoms with van der Waals surface area (Å²) >= 11 is 0. The highest BCUT2D eigenvalue weighted by atomic mass is 16.5. The van der Waals surface area contributed by atoms with Crippen molar-refractivity contribution in [1.82, 2.24) is 9.55 Å². The van der Waals surface area contributed by atoms with E-state index in [4.69, 9.17) is 9.72 Å². The van der Waals surface area contributed by atoms with E-state index < -0.39 is 0 Å². The molecular weight excluding hydrogens is 340 g/mol. The van der Waals surface area contributed by atoms with Crippen molar-refractivity contribution in [2.24, 2.45) is 0 Å². The van der Waals surface area contributed by atoms with E-state index in [1.54, 1.807) is 11.7 Å². The Balaban J connectivity index is 1.97. The third kappa shape index (κ3) is 2.66. The Labute approximate surface area is 157 Å². The van der Waals surface area contributed by atoms with Crippen molar-refractivity contribution in [3.8, 4) is 17.1 Å². The lowest BCUT2D eigenvalue weighted by atomic mass is 9.98. The van der Waals surface area contributed by atoms with E-state index in [-0.39, 0.29) is 12.2 Å². The number of aromatic nitrogens is 2. The molecule has 3 aromatic rings. The number of allylic oxidation sites excluding steroid dienone is 2. The largest absolute Gasteiger partial charge is 0.497 e. The zero-order valence-corrected chi connectivity index (χ0v) is 15.7. The van der Waals surface area contributed by atoms with Crippen molar-refractivity contribution in [2.45, 2.75) is 33.4 Å². The molecule has 2 aromatic heterocycles. The van der Waals surface area contributed by atoms with Crippen molar-refractivity contribution in [3.05, 3.63) is 63.5 Å². The third-order valence-electron chi connectivity index (χ3n) is 5.31. The number of methoxy groups -OCH3 is 1. The molecule has 4 rings (SSSR count). The second kappa shape index (κ2) is 6.67. The van der Waals surface area contributed by atoms with E-state index in [0.717, 1.165) is 51.2 Å². The highest BCUT2D eigenvalue weighted by Gasteiger charge is 2.25. The van der Waals surface area contributed by atoms with Gasteiger partial charge in [-0.15, -0.1) is 0 Å². The lowest BCUT2D eigenvalue weighted by Crippen LogP contribution is -2.24. The van der Waals surface area contributed by atoms with E-state index in [0.29, 0.717) is 12.1 Å². The Morgan fingerprint density at radius 1 is 1.33 bits per heavy atom. The Morgan fingerprint density at radius 3 is 2.81 bits per heavy atom. The smallest absolute Gasteiger partial charge is 0.257 e. The molecule has 27 heavy (non-hydrogen) atoms. The molecule has 0 amide bonds. The number of ether oxygens (including phenoxy) is 1. The lowest BCUT2D eigenvalue weighted by Gasteiger charge is -2.13. The summed E-state index contributed by atoms with van der Waals surface area (Å²) in [5.41, 5.74) is 5.71. The average molecular weight is 362 g/mol. The zero-order chi connectivity index (χ0) is 19.1. The van der Waals surface area contributed by atoms with Gasteiger partial charge in [0.15, 0.2) is 0 Å². The Hall–Kier alpha value is -2.92. The van der Waals surface area contributed by atoms with Crippen molar-refractivity contribution in [2.75, 3.05) is 7.11 Å². The lowest BCUT2D eigenvalue weighted by molar-refractivity contribution is 0.279. The fourth-order valence-electron chi connectivity index (χ4n) is 3.87. The molecule has 0 spiro atoms. The van der Waals surface area contributed by atoms with Gasteiger partial charge in [-0.2, -0.15) is 0 Å². The highest BCUT2D eigenvalue weighted by Crippen LogP contribution is 2.35. The number of fused-ring (bicyclic) bond motifs is 4. The number of pyridine rings is 2. The molecule has 0 aliphatic carbocycles. The average Bonchev–Trinajstić information content (AvgIpc) is 3.05. The van der Waals surface area contributed by atoms with Gasteiger partial charge >= 0.3 is 0 Å². The molecule has 0 unspecified atom stereocenters. The first kappa shape index (κ1) is 17.5. The number of nitrogens with zero attached hydrogens (tertiary/aromatic N) is 2. The summed E-state index contributed by atoms with van der Waals surface area (Å²) in [7, 11) is 1.64. The van der Waals surface area contributed by atoms with Gasteiger partial charge < -0.3 is 14.4 Å². The molecule has 0 saturated heterocycles. The van der Waals surface area contributed by atoms with Gasteiger partial charge in [-0.1, -0.05) is 13.0 Å². The maximum absolute atomic E-state index is 13.0. The molecule has 0 bridgehead atoms. The number of hydrogen-bond acceptors (Lipinski definition) is 4. The summed E-state index contributed by atoms with van der Waals surface area (Å²) in [4.78, 5) is 17.9. The number of rotatable bonds is 4. The Morgan fingerprint density at radius 2 is 2.15 bits per heavy atom. The molecule has 5 heteroatoms. The van der Waals surface area contributed by atoms with Crippen LogP contribution in [0.2, 0.25) is 0 Å². The van der Waals surface area contributed by atoms with Crippen LogP contribution in [0.25, 0.3) is 27.9 Å². The van der Waals surface area contributed by atoms with Crippen LogP contribution in [0.4, 0.5) is 0 Å². The predicted octanol–water partition coefficient (Wildman–Crippen LogP) is 3.74. The zero-order valence-electron chi connectivity index (χ0n) is 15.7. The standard InChI is InChI=1S/C22H22N2O3/c1-4-13(5-2)17-10-20-21-15(11-24(20)22(26)18(17)12-25)8-14-9-16(27-3)6-7-19(14)23-21/h4,6-10,25H,5,11-12H2,1-3H3/b13-4-. The van der Waals surface area contributed by atoms with Crippen LogP contribution in [0, 0.1) is 0 Å². The molecule has 3 heterocycles. The molecule has 1 N–H and O–H groups in total. The summed E-state index contributed by atoms with van der Waals surface area (Å²) in [6.45, 7) is 4.20. The molecule has 0 saturated carbocycles. The van der Waals surface area contributed by atoms with Crippen LogP contribution in [0.5, 0.6) is 5.75 Å². The molecule has 5 nitrogen and oxygen atoms in total. The van der Waals surface area contributed by atoms with Crippen LogP contribution in [-0.4, -0.2) is 21.8 Å². The van der Waals surface area contributed by atoms with Gasteiger partial charge in [0.05, 0.1) is 42.7 Å². The maximum atomic E-state index is 13.0. The van der Waals surface area contributed by atoms with Crippen LogP contribution >= 0.6 is 0 Å². The van der Waals surface area contributed by atoms with Gasteiger partial charge in [0.2, 0.25) is 0 Å². The fraction of sp³-hybridized carbons (Fsp3) is 0.273. The number of benzene rings is 1. The van der Waals surface area contributed by atoms with Gasteiger partial charge in [-0.3, -0.25) is 4.79 Å². The molecular formula is C22H22N2O3. The van der Waals surface area contributed by atoms with Crippen LogP contribution in [0.15, 0.2) is 41.2 Å². The van der Waals surface area contributed by atoms with E-state index >= 15 is 0 Å². The number of hydrogen-bond donors (Lipinski definition) is 1. The Kier molecular flexibility index (Phi) is 4.32. The normalized spacial score (nSPS) is 13.0. The van der Waals surface area contributed by atoms with Crippen LogP contribution in [0.3, 0.4) is 0 Å². The van der Waals surface area contributed by atoms with E-state index in [2.05, 4.69) is 13.0 Å². The number of aliphatic hydroxyl groups is 1. The summed E-state index contributed by atoms with van der Waals surface area (Å²) < 4.78 is 7.02. The first-order chi connectivity index (χ1) is 13.1. The van der Waals surface area contributed by atoms with Gasteiger partial charge in [-0.05, 0) is 54.8 Å². The molecule has 1 aliphatic rings. The second-order valence-electron chi connectivity index (χ2n) is 6.69. The molecule has 1 aliphatic heterocycles. The summed E-state index contributed by atoms with van der Waals surface area (Å²) in [6.07, 6.45) is 2.80. The van der Waals surface area contributed by atoms with E-state index in [1.807, 2.05) is 37.3 Å². The summed E-state index contributed by atoms with van der Waals surface area (Å²) in [6, 6.07) is 9.84. The molecule has 138 valence electrons. The van der Waals surface area contributed by atoms with Gasteiger partial charge in [0, 0.05) is 10.9 Å². The first-order valence-corrected chi connectivity index (χ1v) is 9.12. The topological polar surface area (TPSA) is 64.4 Å². The SMILES string of the molecule is C/C=C(/CC)c1cc2n(c(=O)c1CO)Cc1cc3cc(OC)ccc3nc1-2.